The fraction of sp³-hybridized carbons (Fsp3) is 0.556. The van der Waals surface area contributed by atoms with Crippen molar-refractivity contribution in [2.45, 2.75) is 50.9 Å². The Morgan fingerprint density at radius 2 is 2.25 bits per heavy atom. The largest absolute Gasteiger partial charge is 0.388 e. The normalized spacial score (nSPS) is 24.2. The van der Waals surface area contributed by atoms with Crippen molar-refractivity contribution < 1.29 is 14.6 Å². The smallest absolute Gasteiger partial charge is 0.228 e. The number of nitrogens with zero attached hydrogens (tertiary/aromatic N) is 3. The molecule has 1 saturated carbocycles. The van der Waals surface area contributed by atoms with Crippen molar-refractivity contribution in [3.8, 4) is 0 Å². The number of fused-ring (bicyclic) bond motifs is 1. The number of carbonyl (C=O) groups excluding carboxylic acids is 1. The molecule has 1 amide bonds. The summed E-state index contributed by atoms with van der Waals surface area (Å²) in [4.78, 5) is 19.0. The minimum Gasteiger partial charge on any atom is -0.388 e. The highest BCUT2D eigenvalue weighted by atomic mass is 16.5. The molecule has 2 aromatic heterocycles. The van der Waals surface area contributed by atoms with Gasteiger partial charge in [0.15, 0.2) is 0 Å². The predicted octanol–water partition coefficient (Wildman–Crippen LogP) is 1.57. The lowest BCUT2D eigenvalue weighted by atomic mass is 9.89. The van der Waals surface area contributed by atoms with E-state index in [1.165, 1.54) is 0 Å². The molecule has 0 unspecified atom stereocenters. The molecule has 130 valence electrons. The van der Waals surface area contributed by atoms with Gasteiger partial charge in [-0.2, -0.15) is 0 Å². The molecule has 2 aromatic rings. The van der Waals surface area contributed by atoms with Crippen LogP contribution in [0.2, 0.25) is 0 Å². The molecule has 1 N–H and O–H groups in total. The molecular formula is C18H25N3O3. The molecule has 3 atom stereocenters. The zero-order valence-corrected chi connectivity index (χ0v) is 14.5. The molecule has 0 bridgehead atoms. The lowest BCUT2D eigenvalue weighted by molar-refractivity contribution is -0.139. The van der Waals surface area contributed by atoms with Gasteiger partial charge < -0.3 is 19.1 Å². The van der Waals surface area contributed by atoms with Gasteiger partial charge in [0.25, 0.3) is 0 Å². The Morgan fingerprint density at radius 1 is 1.46 bits per heavy atom. The number of aliphatic hydroxyl groups is 1. The molecule has 2 heterocycles. The third-order valence-corrected chi connectivity index (χ3v) is 5.11. The van der Waals surface area contributed by atoms with Crippen molar-refractivity contribution >= 4 is 11.6 Å². The second-order valence-electron chi connectivity index (χ2n) is 6.52. The SMILES string of the molecule is CO[C@@H]1CCC[C@@H](N(C)C(=O)Cc2c(C)nc3ccccn23)[C@H]1O. The molecule has 0 spiro atoms. The Labute approximate surface area is 142 Å². The monoisotopic (exact) mass is 331 g/mol. The maximum Gasteiger partial charge on any atom is 0.228 e. The van der Waals surface area contributed by atoms with Crippen LogP contribution in [0.15, 0.2) is 24.4 Å². The van der Waals surface area contributed by atoms with E-state index < -0.39 is 6.10 Å². The van der Waals surface area contributed by atoms with Crippen LogP contribution in [0.4, 0.5) is 0 Å². The average Bonchev–Trinajstić information content (AvgIpc) is 2.90. The molecule has 0 aliphatic heterocycles. The van der Waals surface area contributed by atoms with Crippen LogP contribution in [-0.4, -0.2) is 57.7 Å². The van der Waals surface area contributed by atoms with E-state index in [9.17, 15) is 9.90 Å². The third-order valence-electron chi connectivity index (χ3n) is 5.11. The lowest BCUT2D eigenvalue weighted by Gasteiger charge is -2.39. The number of ether oxygens (including phenoxy) is 1. The fourth-order valence-corrected chi connectivity index (χ4v) is 3.63. The summed E-state index contributed by atoms with van der Waals surface area (Å²) in [5.41, 5.74) is 2.61. The van der Waals surface area contributed by atoms with Crippen LogP contribution in [0.1, 0.15) is 30.7 Å². The Bertz CT molecular complexity index is 727. The standard InChI is InChI=1S/C18H25N3O3/c1-12-14(21-10-5-4-9-16(21)19-12)11-17(22)20(2)13-7-6-8-15(24-3)18(13)23/h4-5,9-10,13,15,18,23H,6-8,11H2,1-3H3/t13-,15-,18-/m1/s1. The molecule has 6 nitrogen and oxygen atoms in total. The van der Waals surface area contributed by atoms with Crippen molar-refractivity contribution in [3.05, 3.63) is 35.8 Å². The number of amides is 1. The van der Waals surface area contributed by atoms with Gasteiger partial charge in [0.05, 0.1) is 30.0 Å². The first kappa shape index (κ1) is 16.9. The number of rotatable bonds is 4. The Kier molecular flexibility index (Phi) is 4.87. The summed E-state index contributed by atoms with van der Waals surface area (Å²) in [6.07, 6.45) is 3.95. The maximum atomic E-state index is 12.8. The van der Waals surface area contributed by atoms with Crippen molar-refractivity contribution in [2.75, 3.05) is 14.2 Å². The van der Waals surface area contributed by atoms with Crippen LogP contribution < -0.4 is 0 Å². The number of hydrogen-bond acceptors (Lipinski definition) is 4. The summed E-state index contributed by atoms with van der Waals surface area (Å²) in [7, 11) is 3.38. The van der Waals surface area contributed by atoms with Gasteiger partial charge >= 0.3 is 0 Å². The van der Waals surface area contributed by atoms with E-state index in [2.05, 4.69) is 4.98 Å². The van der Waals surface area contributed by atoms with E-state index in [0.29, 0.717) is 0 Å². The number of likely N-dealkylation sites (N-methyl/N-ethyl adjacent to an activating group) is 1. The van der Waals surface area contributed by atoms with Crippen LogP contribution >= 0.6 is 0 Å². The van der Waals surface area contributed by atoms with Gasteiger partial charge in [-0.15, -0.1) is 0 Å². The molecule has 1 fully saturated rings. The number of aliphatic hydroxyl groups excluding tert-OH is 1. The molecule has 0 aromatic carbocycles. The molecule has 6 heteroatoms. The zero-order valence-electron chi connectivity index (χ0n) is 14.5. The van der Waals surface area contributed by atoms with Crippen molar-refractivity contribution in [1.82, 2.24) is 14.3 Å². The first-order valence-corrected chi connectivity index (χ1v) is 8.42. The lowest BCUT2D eigenvalue weighted by Crippen LogP contribution is -2.52. The van der Waals surface area contributed by atoms with E-state index in [4.69, 9.17) is 4.74 Å². The number of hydrogen-bond donors (Lipinski definition) is 1. The summed E-state index contributed by atoms with van der Waals surface area (Å²) >= 11 is 0. The second-order valence-corrected chi connectivity index (χ2v) is 6.52. The number of aromatic nitrogens is 2. The van der Waals surface area contributed by atoms with E-state index in [0.717, 1.165) is 36.3 Å². The van der Waals surface area contributed by atoms with E-state index in [1.54, 1.807) is 19.1 Å². The number of imidazole rings is 1. The minimum absolute atomic E-state index is 0.00967. The van der Waals surface area contributed by atoms with Gasteiger partial charge in [-0.25, -0.2) is 4.98 Å². The van der Waals surface area contributed by atoms with Crippen LogP contribution in [0.5, 0.6) is 0 Å². The number of carbonyl (C=O) groups is 1. The van der Waals surface area contributed by atoms with Crippen LogP contribution in [0.25, 0.3) is 5.65 Å². The second kappa shape index (κ2) is 6.91. The van der Waals surface area contributed by atoms with Gasteiger partial charge in [-0.1, -0.05) is 6.07 Å². The average molecular weight is 331 g/mol. The first-order chi connectivity index (χ1) is 11.5. The van der Waals surface area contributed by atoms with Gasteiger partial charge in [-0.3, -0.25) is 4.79 Å². The Hall–Kier alpha value is -1.92. The highest BCUT2D eigenvalue weighted by molar-refractivity contribution is 5.79. The fourth-order valence-electron chi connectivity index (χ4n) is 3.63. The quantitative estimate of drug-likeness (QED) is 0.923. The Balaban J connectivity index is 1.77. The summed E-state index contributed by atoms with van der Waals surface area (Å²) in [5, 5.41) is 10.5. The zero-order chi connectivity index (χ0) is 17.3. The summed E-state index contributed by atoms with van der Waals surface area (Å²) in [5.74, 6) is -0.00967. The highest BCUT2D eigenvalue weighted by Crippen LogP contribution is 2.25. The van der Waals surface area contributed by atoms with Crippen LogP contribution in [0, 0.1) is 6.92 Å². The van der Waals surface area contributed by atoms with Crippen molar-refractivity contribution in [1.29, 1.82) is 0 Å². The van der Waals surface area contributed by atoms with Gasteiger partial charge in [0, 0.05) is 20.4 Å². The number of methoxy groups -OCH3 is 1. The van der Waals surface area contributed by atoms with Crippen LogP contribution in [0.3, 0.4) is 0 Å². The summed E-state index contributed by atoms with van der Waals surface area (Å²) in [6.45, 7) is 1.92. The van der Waals surface area contributed by atoms with Crippen LogP contribution in [-0.2, 0) is 16.0 Å². The molecule has 0 radical (unpaired) electrons. The third kappa shape index (κ3) is 3.03. The predicted molar refractivity (Wildman–Crippen MR) is 90.8 cm³/mol. The van der Waals surface area contributed by atoms with Gasteiger partial charge in [0.1, 0.15) is 11.8 Å². The number of aryl methyl sites for hydroxylation is 1. The first-order valence-electron chi connectivity index (χ1n) is 8.42. The molecule has 3 rings (SSSR count). The van der Waals surface area contributed by atoms with Gasteiger partial charge in [-0.05, 0) is 38.3 Å². The summed E-state index contributed by atoms with van der Waals surface area (Å²) in [6, 6.07) is 5.59. The van der Waals surface area contributed by atoms with E-state index in [1.807, 2.05) is 35.7 Å². The van der Waals surface area contributed by atoms with Crippen molar-refractivity contribution in [2.24, 2.45) is 0 Å². The molecule has 1 aliphatic rings. The molecule has 0 saturated heterocycles. The molecular weight excluding hydrogens is 306 g/mol. The van der Waals surface area contributed by atoms with E-state index >= 15 is 0 Å². The highest BCUT2D eigenvalue weighted by Gasteiger charge is 2.36. The number of pyridine rings is 1. The maximum absolute atomic E-state index is 12.8. The molecule has 24 heavy (non-hydrogen) atoms. The summed E-state index contributed by atoms with van der Waals surface area (Å²) < 4.78 is 7.30. The van der Waals surface area contributed by atoms with E-state index in [-0.39, 0.29) is 24.5 Å². The van der Waals surface area contributed by atoms with Gasteiger partial charge in [0.2, 0.25) is 5.91 Å². The van der Waals surface area contributed by atoms with Crippen molar-refractivity contribution in [3.63, 3.8) is 0 Å². The topological polar surface area (TPSA) is 67.1 Å². The Morgan fingerprint density at radius 3 is 3.00 bits per heavy atom. The minimum atomic E-state index is -0.638. The molecule has 1 aliphatic carbocycles.